The van der Waals surface area contributed by atoms with Crippen LogP contribution in [0.15, 0.2) is 139 Å². The Bertz CT molecular complexity index is 2410. The van der Waals surface area contributed by atoms with Gasteiger partial charge in [-0.05, 0) is 72.9 Å². The van der Waals surface area contributed by atoms with Gasteiger partial charge < -0.3 is 31.2 Å². The normalized spacial score (nSPS) is 11.7. The van der Waals surface area contributed by atoms with Crippen molar-refractivity contribution in [3.63, 3.8) is 0 Å². The van der Waals surface area contributed by atoms with E-state index >= 15 is 0 Å². The average Bonchev–Trinajstić information content (AvgIpc) is 3.08. The third-order valence-corrected chi connectivity index (χ3v) is 9.35. The first-order valence-electron chi connectivity index (χ1n) is 14.4. The topological polar surface area (TPSA) is 240 Å². The number of azo groups is 2. The molecule has 6 aromatic carbocycles. The molecule has 0 aromatic heterocycles. The molecule has 6 N–H and O–H groups in total. The molecule has 0 aliphatic rings. The average molecular weight is 771 g/mol. The summed E-state index contributed by atoms with van der Waals surface area (Å²) in [4.78, 5) is -0.867. The van der Waals surface area contributed by atoms with Crippen molar-refractivity contribution in [3.05, 3.63) is 109 Å². The Morgan fingerprint density at radius 3 is 1.19 bits per heavy atom. The van der Waals surface area contributed by atoms with Crippen molar-refractivity contribution < 1.29 is 85.1 Å². The van der Waals surface area contributed by atoms with Crippen LogP contribution in [0.5, 0.6) is 0 Å². The van der Waals surface area contributed by atoms with E-state index in [1.165, 1.54) is 12.1 Å². The molecule has 52 heavy (non-hydrogen) atoms. The molecule has 0 unspecified atom stereocenters. The fourth-order valence-electron chi connectivity index (χ4n) is 5.02. The van der Waals surface area contributed by atoms with Gasteiger partial charge in [0.1, 0.15) is 31.6 Å². The summed E-state index contributed by atoms with van der Waals surface area (Å²) in [5.41, 5.74) is 15.0. The molecule has 0 bridgehead atoms. The maximum Gasteiger partial charge on any atom is 1.00 e. The van der Waals surface area contributed by atoms with E-state index < -0.39 is 30.0 Å². The summed E-state index contributed by atoms with van der Waals surface area (Å²) in [5.74, 6) is 0. The first kappa shape index (κ1) is 40.9. The van der Waals surface area contributed by atoms with E-state index in [-0.39, 0.29) is 97.7 Å². The second kappa shape index (κ2) is 16.9. The predicted octanol–water partition coefficient (Wildman–Crippen LogP) is 1.61. The molecule has 0 radical (unpaired) electrons. The molecule has 0 saturated carbocycles. The molecule has 0 heterocycles. The molecule has 14 nitrogen and oxygen atoms in total. The summed E-state index contributed by atoms with van der Waals surface area (Å²) in [7, 11) is -9.58. The van der Waals surface area contributed by atoms with Crippen LogP contribution in [-0.2, 0) is 20.2 Å². The summed E-state index contributed by atoms with van der Waals surface area (Å²) in [6.45, 7) is 0. The Kier molecular flexibility index (Phi) is 13.3. The Morgan fingerprint density at radius 2 is 0.865 bits per heavy atom. The van der Waals surface area contributed by atoms with E-state index in [1.807, 2.05) is 0 Å². The van der Waals surface area contributed by atoms with Crippen LogP contribution in [0.4, 0.5) is 45.5 Å². The number of nitrogen functional groups attached to an aromatic ring is 2. The molecule has 0 saturated heterocycles. The van der Waals surface area contributed by atoms with E-state index in [0.717, 1.165) is 12.1 Å². The molecular weight excluding hydrogens is 747 g/mol. The first-order chi connectivity index (χ1) is 23.8. The van der Waals surface area contributed by atoms with E-state index in [0.29, 0.717) is 33.5 Å². The minimum Gasteiger partial charge on any atom is -0.744 e. The Hall–Kier alpha value is -3.85. The van der Waals surface area contributed by atoms with Crippen molar-refractivity contribution in [2.24, 2.45) is 20.5 Å². The van der Waals surface area contributed by atoms with E-state index in [1.54, 1.807) is 84.9 Å². The molecule has 0 spiro atoms. The molecular formula is C33H24N8Na2O6S3. The minimum atomic E-state index is -4.79. The summed E-state index contributed by atoms with van der Waals surface area (Å²) in [6, 6.07) is 28.4. The van der Waals surface area contributed by atoms with E-state index in [4.69, 9.17) is 23.7 Å². The van der Waals surface area contributed by atoms with E-state index in [9.17, 15) is 25.9 Å². The van der Waals surface area contributed by atoms with Crippen LogP contribution in [0.3, 0.4) is 0 Å². The fraction of sp³-hybridized carbons (Fsp3) is 0. The molecule has 0 aliphatic heterocycles. The fourth-order valence-corrected chi connectivity index (χ4v) is 6.66. The van der Waals surface area contributed by atoms with Crippen LogP contribution in [0, 0.1) is 0 Å². The smallest absolute Gasteiger partial charge is 0.744 e. The standard InChI is InChI=1S/C33H26N8O6S3.2Na/c34-31-25-7-3-1-5-23(25)29(49(42,43)44)17-27(31)40-38-21-13-9-19(10-14-21)36-33(48)37-20-11-15-22(16-12-20)39-41-28-18-30(50(45,46)47)24-6-2-4-8-26(24)32(28)35;;/h1-18H,34-35H2,(H2,36,37,48)(H,42,43,44)(H,45,46,47);;/q;2*+1/p-2. The largest absolute Gasteiger partial charge is 1.00 e. The summed E-state index contributed by atoms with van der Waals surface area (Å²) in [6.07, 6.45) is 0. The third kappa shape index (κ3) is 9.38. The second-order valence-electron chi connectivity index (χ2n) is 10.7. The number of hydrogen-bond acceptors (Lipinski definition) is 13. The SMILES string of the molecule is Nc1c(N=Nc2ccc(NC(=S)Nc3ccc(N=Nc4cc(S(=O)(=O)[O-])c5ccccc5c4N)cc3)cc2)cc(S(=O)(=O)[O-])c2ccccc12.[Na+].[Na+]. The van der Waals surface area contributed by atoms with Gasteiger partial charge in [-0.1, -0.05) is 48.5 Å². The molecule has 6 rings (SSSR count). The van der Waals surface area contributed by atoms with Gasteiger partial charge >= 0.3 is 59.1 Å². The van der Waals surface area contributed by atoms with Crippen LogP contribution in [0.25, 0.3) is 21.5 Å². The van der Waals surface area contributed by atoms with Gasteiger partial charge in [0.05, 0.1) is 32.5 Å². The molecule has 0 atom stereocenters. The number of thiocarbonyl (C=S) groups is 1. The molecule has 0 aliphatic carbocycles. The number of benzene rings is 6. The molecule has 0 fully saturated rings. The molecule has 19 heteroatoms. The van der Waals surface area contributed by atoms with Crippen molar-refractivity contribution in [1.29, 1.82) is 0 Å². The maximum atomic E-state index is 11.9. The summed E-state index contributed by atoms with van der Waals surface area (Å²) >= 11 is 5.42. The zero-order chi connectivity index (χ0) is 35.6. The third-order valence-electron chi connectivity index (χ3n) is 7.39. The number of anilines is 4. The number of rotatable bonds is 8. The first-order valence-corrected chi connectivity index (χ1v) is 17.7. The maximum absolute atomic E-state index is 11.9. The number of nitrogens with zero attached hydrogens (tertiary/aromatic N) is 4. The van der Waals surface area contributed by atoms with Crippen LogP contribution in [-0.4, -0.2) is 31.1 Å². The number of nitrogens with one attached hydrogen (secondary N) is 2. The number of fused-ring (bicyclic) bond motifs is 2. The molecule has 252 valence electrons. The zero-order valence-electron chi connectivity index (χ0n) is 27.5. The minimum absolute atomic E-state index is 0. The monoisotopic (exact) mass is 770 g/mol. The summed E-state index contributed by atoms with van der Waals surface area (Å²) in [5, 5.41) is 24.0. The summed E-state index contributed by atoms with van der Waals surface area (Å²) < 4.78 is 71.2. The van der Waals surface area contributed by atoms with Crippen LogP contribution in [0.1, 0.15) is 0 Å². The van der Waals surface area contributed by atoms with Gasteiger partial charge in [0.2, 0.25) is 0 Å². The Morgan fingerprint density at radius 1 is 0.538 bits per heavy atom. The van der Waals surface area contributed by atoms with Gasteiger partial charge in [-0.25, -0.2) is 16.8 Å². The van der Waals surface area contributed by atoms with Crippen LogP contribution < -0.4 is 81.2 Å². The van der Waals surface area contributed by atoms with Gasteiger partial charge in [0.25, 0.3) is 0 Å². The van der Waals surface area contributed by atoms with Gasteiger partial charge in [0.15, 0.2) is 5.11 Å². The number of nitrogens with two attached hydrogens (primary N) is 2. The van der Waals surface area contributed by atoms with Crippen LogP contribution in [0.2, 0.25) is 0 Å². The Balaban J connectivity index is 0.00000302. The van der Waals surface area contributed by atoms with Crippen molar-refractivity contribution in [2.45, 2.75) is 9.79 Å². The van der Waals surface area contributed by atoms with Crippen LogP contribution >= 0.6 is 12.2 Å². The van der Waals surface area contributed by atoms with Gasteiger partial charge in [-0.3, -0.25) is 0 Å². The van der Waals surface area contributed by atoms with Crippen molar-refractivity contribution in [3.8, 4) is 0 Å². The number of hydrogen-bond donors (Lipinski definition) is 4. The quantitative estimate of drug-likeness (QED) is 0.0570. The predicted molar refractivity (Wildman–Crippen MR) is 194 cm³/mol. The van der Waals surface area contributed by atoms with Crippen molar-refractivity contribution in [1.82, 2.24) is 0 Å². The Labute approximate surface area is 347 Å². The zero-order valence-corrected chi connectivity index (χ0v) is 34.0. The van der Waals surface area contributed by atoms with Gasteiger partial charge in [0, 0.05) is 32.9 Å². The van der Waals surface area contributed by atoms with E-state index in [2.05, 4.69) is 31.1 Å². The second-order valence-corrected chi connectivity index (χ2v) is 13.8. The molecule has 6 aromatic rings. The van der Waals surface area contributed by atoms with Gasteiger partial charge in [-0.15, -0.1) is 10.2 Å². The van der Waals surface area contributed by atoms with Gasteiger partial charge in [-0.2, -0.15) is 10.2 Å². The van der Waals surface area contributed by atoms with Crippen molar-refractivity contribution in [2.75, 3.05) is 22.1 Å². The molecule has 0 amide bonds. The van der Waals surface area contributed by atoms with Crippen molar-refractivity contribution >= 4 is 105 Å².